The molecule has 1 saturated carbocycles. The van der Waals surface area contributed by atoms with E-state index in [0.717, 1.165) is 48.6 Å². The lowest BCUT2D eigenvalue weighted by Gasteiger charge is -2.30. The van der Waals surface area contributed by atoms with E-state index in [1.807, 2.05) is 13.1 Å². The molecular formula is C22H27N3O2. The first-order chi connectivity index (χ1) is 13.2. The number of nitrogens with zero attached hydrogens (tertiary/aromatic N) is 1. The smallest absolute Gasteiger partial charge is 0.196 e. The van der Waals surface area contributed by atoms with Crippen molar-refractivity contribution in [2.45, 2.75) is 44.2 Å². The molecule has 2 aromatic rings. The highest BCUT2D eigenvalue weighted by atomic mass is 16.5. The second kappa shape index (κ2) is 7.61. The quantitative estimate of drug-likeness (QED) is 0.776. The lowest BCUT2D eigenvalue weighted by atomic mass is 9.80. The Balaban J connectivity index is 1.90. The zero-order chi connectivity index (χ0) is 18.8. The van der Waals surface area contributed by atoms with Crippen LogP contribution in [0.5, 0.6) is 5.75 Å². The predicted molar refractivity (Wildman–Crippen MR) is 109 cm³/mol. The van der Waals surface area contributed by atoms with E-state index in [-0.39, 0.29) is 6.10 Å². The summed E-state index contributed by atoms with van der Waals surface area (Å²) in [5.41, 5.74) is 5.69. The number of methoxy groups -OCH3 is 1. The molecule has 0 radical (unpaired) electrons. The van der Waals surface area contributed by atoms with Gasteiger partial charge in [0.05, 0.1) is 13.2 Å². The third-order valence-electron chi connectivity index (χ3n) is 5.71. The van der Waals surface area contributed by atoms with Crippen LogP contribution in [0.3, 0.4) is 0 Å². The number of aliphatic hydroxyl groups excluding tert-OH is 1. The van der Waals surface area contributed by atoms with Crippen molar-refractivity contribution in [2.24, 2.45) is 4.99 Å². The largest absolute Gasteiger partial charge is 0.494 e. The van der Waals surface area contributed by atoms with E-state index in [2.05, 4.69) is 41.0 Å². The van der Waals surface area contributed by atoms with Crippen LogP contribution in [-0.4, -0.2) is 31.3 Å². The fourth-order valence-electron chi connectivity index (χ4n) is 4.25. The van der Waals surface area contributed by atoms with Crippen molar-refractivity contribution in [3.63, 3.8) is 0 Å². The number of guanidine groups is 1. The Morgan fingerprint density at radius 1 is 1.15 bits per heavy atom. The molecule has 5 heteroatoms. The molecule has 0 saturated heterocycles. The van der Waals surface area contributed by atoms with Gasteiger partial charge in [0.1, 0.15) is 11.4 Å². The second-order valence-electron chi connectivity index (χ2n) is 7.31. The molecule has 3 N–H and O–H groups in total. The molecule has 1 heterocycles. The van der Waals surface area contributed by atoms with Crippen LogP contribution in [-0.2, 0) is 6.54 Å². The van der Waals surface area contributed by atoms with Crippen LogP contribution in [0.1, 0.15) is 42.7 Å². The molecule has 0 spiro atoms. The Hall–Kier alpha value is -2.53. The van der Waals surface area contributed by atoms with Crippen molar-refractivity contribution in [3.8, 4) is 16.9 Å². The van der Waals surface area contributed by atoms with Crippen LogP contribution in [0.4, 0.5) is 5.69 Å². The van der Waals surface area contributed by atoms with E-state index in [1.165, 1.54) is 16.7 Å². The lowest BCUT2D eigenvalue weighted by molar-refractivity contribution is 0.122. The number of hydrogen-bond acceptors (Lipinski definition) is 5. The summed E-state index contributed by atoms with van der Waals surface area (Å²) in [6.07, 6.45) is 3.48. The lowest BCUT2D eigenvalue weighted by Crippen LogP contribution is -2.36. The van der Waals surface area contributed by atoms with Gasteiger partial charge in [0.25, 0.3) is 0 Å². The van der Waals surface area contributed by atoms with Crippen LogP contribution >= 0.6 is 0 Å². The summed E-state index contributed by atoms with van der Waals surface area (Å²) in [4.78, 5) is 4.81. The number of ether oxygens (including phenoxy) is 1. The summed E-state index contributed by atoms with van der Waals surface area (Å²) in [6, 6.07) is 12.8. The standard InChI is InChI=1S/C22H27N3O2/c1-23-22-24-13-19-17(14-6-4-3-5-7-14)12-18(21(27-2)20(19)25-22)15-8-10-16(26)11-9-15/h3-7,12,15-16,26H,8-11,13H2,1-2H3,(H2,23,24,25). The average molecular weight is 365 g/mol. The minimum atomic E-state index is -0.170. The second-order valence-corrected chi connectivity index (χ2v) is 7.31. The molecule has 1 aliphatic carbocycles. The number of nitrogens with one attached hydrogen (secondary N) is 2. The maximum absolute atomic E-state index is 9.92. The van der Waals surface area contributed by atoms with Crippen LogP contribution in [0.25, 0.3) is 11.1 Å². The number of rotatable bonds is 3. The Labute approximate surface area is 160 Å². The van der Waals surface area contributed by atoms with Gasteiger partial charge in [-0.2, -0.15) is 0 Å². The van der Waals surface area contributed by atoms with Gasteiger partial charge in [0.15, 0.2) is 5.96 Å². The first kappa shape index (κ1) is 17.9. The van der Waals surface area contributed by atoms with E-state index in [4.69, 9.17) is 9.73 Å². The van der Waals surface area contributed by atoms with Crippen molar-refractivity contribution in [3.05, 3.63) is 47.5 Å². The van der Waals surface area contributed by atoms with Crippen molar-refractivity contribution in [1.29, 1.82) is 0 Å². The number of aliphatic imine (C=N–C) groups is 1. The minimum absolute atomic E-state index is 0.170. The molecule has 1 fully saturated rings. The van der Waals surface area contributed by atoms with E-state index < -0.39 is 0 Å². The van der Waals surface area contributed by atoms with Crippen molar-refractivity contribution < 1.29 is 9.84 Å². The maximum Gasteiger partial charge on any atom is 0.196 e. The van der Waals surface area contributed by atoms with Gasteiger partial charge in [0.2, 0.25) is 0 Å². The summed E-state index contributed by atoms with van der Waals surface area (Å²) < 4.78 is 5.88. The first-order valence-electron chi connectivity index (χ1n) is 9.68. The molecule has 0 unspecified atom stereocenters. The average Bonchev–Trinajstić information content (AvgIpc) is 2.73. The maximum atomic E-state index is 9.92. The summed E-state index contributed by atoms with van der Waals surface area (Å²) in [5, 5.41) is 16.4. The number of benzene rings is 2. The number of fused-ring (bicyclic) bond motifs is 1. The molecule has 0 bridgehead atoms. The molecule has 5 nitrogen and oxygen atoms in total. The van der Waals surface area contributed by atoms with Gasteiger partial charge in [-0.1, -0.05) is 30.3 Å². The summed E-state index contributed by atoms with van der Waals surface area (Å²) in [7, 11) is 3.60. The Kier molecular flexibility index (Phi) is 5.03. The molecule has 142 valence electrons. The van der Waals surface area contributed by atoms with Gasteiger partial charge in [-0.25, -0.2) is 4.99 Å². The summed E-state index contributed by atoms with van der Waals surface area (Å²) in [5.74, 6) is 2.02. The van der Waals surface area contributed by atoms with Gasteiger partial charge >= 0.3 is 0 Å². The highest BCUT2D eigenvalue weighted by molar-refractivity contribution is 5.89. The van der Waals surface area contributed by atoms with E-state index in [9.17, 15) is 5.11 Å². The predicted octanol–water partition coefficient (Wildman–Crippen LogP) is 3.69. The molecule has 27 heavy (non-hydrogen) atoms. The molecule has 0 aromatic heterocycles. The topological polar surface area (TPSA) is 65.9 Å². The highest BCUT2D eigenvalue weighted by Gasteiger charge is 2.29. The minimum Gasteiger partial charge on any atom is -0.494 e. The Morgan fingerprint density at radius 2 is 1.89 bits per heavy atom. The van der Waals surface area contributed by atoms with Crippen LogP contribution in [0.15, 0.2) is 41.4 Å². The van der Waals surface area contributed by atoms with Crippen LogP contribution in [0.2, 0.25) is 0 Å². The van der Waals surface area contributed by atoms with Crippen LogP contribution < -0.4 is 15.4 Å². The van der Waals surface area contributed by atoms with Gasteiger partial charge in [0, 0.05) is 24.7 Å². The Morgan fingerprint density at radius 3 is 2.56 bits per heavy atom. The van der Waals surface area contributed by atoms with Gasteiger partial charge in [-0.15, -0.1) is 0 Å². The zero-order valence-corrected chi connectivity index (χ0v) is 16.0. The molecular weight excluding hydrogens is 338 g/mol. The fourth-order valence-corrected chi connectivity index (χ4v) is 4.25. The van der Waals surface area contributed by atoms with E-state index >= 15 is 0 Å². The van der Waals surface area contributed by atoms with Crippen LogP contribution in [0, 0.1) is 0 Å². The number of aliphatic hydroxyl groups is 1. The normalized spacial score (nSPS) is 21.7. The molecule has 2 aliphatic rings. The zero-order valence-electron chi connectivity index (χ0n) is 16.0. The molecule has 0 atom stereocenters. The summed E-state index contributed by atoms with van der Waals surface area (Å²) in [6.45, 7) is 0.708. The molecule has 4 rings (SSSR count). The van der Waals surface area contributed by atoms with Crippen molar-refractivity contribution >= 4 is 11.6 Å². The van der Waals surface area contributed by atoms with Gasteiger partial charge < -0.3 is 20.5 Å². The van der Waals surface area contributed by atoms with E-state index in [1.54, 1.807) is 7.11 Å². The Bertz CT molecular complexity index is 840. The van der Waals surface area contributed by atoms with Gasteiger partial charge in [-0.3, -0.25) is 0 Å². The monoisotopic (exact) mass is 365 g/mol. The molecule has 2 aromatic carbocycles. The van der Waals surface area contributed by atoms with Crippen molar-refractivity contribution in [2.75, 3.05) is 14.2 Å². The van der Waals surface area contributed by atoms with Crippen molar-refractivity contribution in [1.82, 2.24) is 10.6 Å². The van der Waals surface area contributed by atoms with Gasteiger partial charge in [-0.05, 0) is 48.8 Å². The summed E-state index contributed by atoms with van der Waals surface area (Å²) >= 11 is 0. The fraction of sp³-hybridized carbons (Fsp3) is 0.409. The third kappa shape index (κ3) is 3.39. The molecule has 1 aliphatic heterocycles. The molecule has 0 amide bonds. The highest BCUT2D eigenvalue weighted by Crippen LogP contribution is 2.47. The third-order valence-corrected chi connectivity index (χ3v) is 5.71. The first-order valence-corrected chi connectivity index (χ1v) is 9.68. The SMILES string of the molecule is CNC1=Nc2c(c(-c3ccccc3)cc(C3CCC(O)CC3)c2OC)CN1. The van der Waals surface area contributed by atoms with E-state index in [0.29, 0.717) is 12.5 Å². The number of hydrogen-bond donors (Lipinski definition) is 3.